The van der Waals surface area contributed by atoms with Gasteiger partial charge in [-0.25, -0.2) is 0 Å². The van der Waals surface area contributed by atoms with Crippen LogP contribution in [0.4, 0.5) is 0 Å². The van der Waals surface area contributed by atoms with Gasteiger partial charge in [-0.3, -0.25) is 9.35 Å². The molecule has 1 unspecified atom stereocenters. The Morgan fingerprint density at radius 2 is 2.06 bits per heavy atom. The molecular weight excluding hydrogens is 256 g/mol. The highest BCUT2D eigenvalue weighted by molar-refractivity contribution is 7.85. The average molecular weight is 276 g/mol. The van der Waals surface area contributed by atoms with Crippen LogP contribution in [0.2, 0.25) is 0 Å². The van der Waals surface area contributed by atoms with Crippen molar-refractivity contribution in [1.82, 2.24) is 0 Å². The number of carbonyl (C=O) groups is 1. The van der Waals surface area contributed by atoms with Crippen LogP contribution in [-0.4, -0.2) is 31.3 Å². The maximum Gasteiger partial charge on any atom is 0.305 e. The molecule has 0 radical (unpaired) electrons. The molecule has 0 spiro atoms. The summed E-state index contributed by atoms with van der Waals surface area (Å²) in [5, 5.41) is 0. The number of rotatable bonds is 8. The number of ether oxygens (including phenoxy) is 1. The fraction of sp³-hybridized carbons (Fsp3) is 0.750. The Labute approximate surface area is 109 Å². The van der Waals surface area contributed by atoms with Crippen molar-refractivity contribution in [2.45, 2.75) is 39.5 Å². The Kier molecular flexibility index (Phi) is 8.42. The number of hydrogen-bond donors (Lipinski definition) is 1. The zero-order valence-corrected chi connectivity index (χ0v) is 11.6. The van der Waals surface area contributed by atoms with Crippen LogP contribution < -0.4 is 0 Å². The first kappa shape index (κ1) is 16.9. The number of carbonyl (C=O) groups excluding carboxylic acids is 1. The first-order valence-corrected chi connectivity index (χ1v) is 7.53. The lowest BCUT2D eigenvalue weighted by atomic mass is 10.1. The minimum Gasteiger partial charge on any atom is -0.466 e. The molecule has 0 aromatic carbocycles. The highest BCUT2D eigenvalue weighted by atomic mass is 32.2. The van der Waals surface area contributed by atoms with Gasteiger partial charge in [0.25, 0.3) is 10.1 Å². The summed E-state index contributed by atoms with van der Waals surface area (Å²) in [6.07, 6.45) is 2.28. The molecule has 0 saturated carbocycles. The van der Waals surface area contributed by atoms with E-state index in [0.717, 1.165) is 0 Å². The largest absolute Gasteiger partial charge is 0.466 e. The molecule has 0 aliphatic heterocycles. The quantitative estimate of drug-likeness (QED) is 0.315. The van der Waals surface area contributed by atoms with Crippen LogP contribution in [0.3, 0.4) is 0 Å². The summed E-state index contributed by atoms with van der Waals surface area (Å²) in [5.74, 6) is 4.45. The fourth-order valence-electron chi connectivity index (χ4n) is 1.44. The Balaban J connectivity index is 3.91. The van der Waals surface area contributed by atoms with Crippen LogP contribution in [0.5, 0.6) is 0 Å². The molecule has 0 aliphatic rings. The molecule has 0 aliphatic carbocycles. The lowest BCUT2D eigenvalue weighted by molar-refractivity contribution is -0.143. The molecule has 0 saturated heterocycles. The van der Waals surface area contributed by atoms with Crippen molar-refractivity contribution < 1.29 is 22.5 Å². The molecule has 1 N–H and O–H groups in total. The van der Waals surface area contributed by atoms with Crippen molar-refractivity contribution in [3.05, 3.63) is 0 Å². The summed E-state index contributed by atoms with van der Waals surface area (Å²) in [6, 6.07) is 0. The van der Waals surface area contributed by atoms with Crippen LogP contribution in [0.1, 0.15) is 39.5 Å². The fourth-order valence-corrected chi connectivity index (χ4v) is 2.19. The predicted molar refractivity (Wildman–Crippen MR) is 68.5 cm³/mol. The first-order chi connectivity index (χ1) is 8.39. The van der Waals surface area contributed by atoms with Crippen LogP contribution in [0.15, 0.2) is 0 Å². The first-order valence-electron chi connectivity index (χ1n) is 5.92. The Morgan fingerprint density at radius 1 is 1.39 bits per heavy atom. The van der Waals surface area contributed by atoms with Gasteiger partial charge >= 0.3 is 5.97 Å². The minimum absolute atomic E-state index is 0.238. The van der Waals surface area contributed by atoms with Crippen molar-refractivity contribution >= 4 is 16.1 Å². The zero-order chi connectivity index (χ0) is 14.0. The second-order valence-corrected chi connectivity index (χ2v) is 5.41. The van der Waals surface area contributed by atoms with E-state index in [1.807, 2.05) is 0 Å². The van der Waals surface area contributed by atoms with E-state index < -0.39 is 10.1 Å². The van der Waals surface area contributed by atoms with Gasteiger partial charge in [0.15, 0.2) is 0 Å². The van der Waals surface area contributed by atoms with Gasteiger partial charge in [0.2, 0.25) is 0 Å². The van der Waals surface area contributed by atoms with Crippen LogP contribution >= 0.6 is 0 Å². The summed E-state index contributed by atoms with van der Waals surface area (Å²) in [5.41, 5.74) is 0. The molecule has 1 atom stereocenters. The van der Waals surface area contributed by atoms with Gasteiger partial charge in [-0.2, -0.15) is 8.42 Å². The Morgan fingerprint density at radius 3 is 2.56 bits per heavy atom. The van der Waals surface area contributed by atoms with Crippen LogP contribution in [0, 0.1) is 17.8 Å². The van der Waals surface area contributed by atoms with Gasteiger partial charge < -0.3 is 4.74 Å². The van der Waals surface area contributed by atoms with E-state index >= 15 is 0 Å². The average Bonchev–Trinajstić information content (AvgIpc) is 2.26. The molecule has 0 heterocycles. The maximum atomic E-state index is 10.8. The molecule has 0 amide bonds. The molecule has 0 fully saturated rings. The number of unbranched alkanes of at least 4 members (excludes halogenated alkanes) is 1. The second kappa shape index (κ2) is 8.95. The standard InChI is InChI=1S/C12H20O5S/c1-3-7-11(10-18(14,15)16)8-5-6-9-17-12(13)4-2/h11H,4-6,8-10H2,1-2H3,(H,14,15,16). The van der Waals surface area contributed by atoms with Crippen molar-refractivity contribution in [3.8, 4) is 11.8 Å². The van der Waals surface area contributed by atoms with E-state index in [1.165, 1.54) is 0 Å². The normalized spacial score (nSPS) is 12.4. The predicted octanol–water partition coefficient (Wildman–Crippen LogP) is 1.64. The smallest absolute Gasteiger partial charge is 0.305 e. The molecule has 0 aromatic heterocycles. The van der Waals surface area contributed by atoms with Crippen LogP contribution in [0.25, 0.3) is 0 Å². The SMILES string of the molecule is CC#CC(CCCCOC(=O)CC)CS(=O)(=O)O. The van der Waals surface area contributed by atoms with Crippen molar-refractivity contribution in [1.29, 1.82) is 0 Å². The lowest BCUT2D eigenvalue weighted by Crippen LogP contribution is -2.14. The van der Waals surface area contributed by atoms with E-state index in [-0.39, 0.29) is 17.6 Å². The molecular formula is C12H20O5S. The lowest BCUT2D eigenvalue weighted by Gasteiger charge is -2.08. The van der Waals surface area contributed by atoms with E-state index in [1.54, 1.807) is 13.8 Å². The third-order valence-electron chi connectivity index (χ3n) is 2.26. The number of hydrogen-bond acceptors (Lipinski definition) is 4. The van der Waals surface area contributed by atoms with Gasteiger partial charge in [-0.05, 0) is 26.2 Å². The summed E-state index contributed by atoms with van der Waals surface area (Å²) in [4.78, 5) is 10.8. The molecule has 5 nitrogen and oxygen atoms in total. The van der Waals surface area contributed by atoms with Gasteiger partial charge in [-0.1, -0.05) is 12.8 Å². The van der Waals surface area contributed by atoms with Crippen molar-refractivity contribution in [2.75, 3.05) is 12.4 Å². The summed E-state index contributed by atoms with van der Waals surface area (Å²) in [7, 11) is -3.99. The highest BCUT2D eigenvalue weighted by Crippen LogP contribution is 2.10. The molecule has 0 bridgehead atoms. The molecule has 18 heavy (non-hydrogen) atoms. The van der Waals surface area contributed by atoms with Crippen molar-refractivity contribution in [2.24, 2.45) is 5.92 Å². The summed E-state index contributed by atoms with van der Waals surface area (Å²) >= 11 is 0. The monoisotopic (exact) mass is 276 g/mol. The zero-order valence-electron chi connectivity index (χ0n) is 10.8. The van der Waals surface area contributed by atoms with Gasteiger partial charge in [0, 0.05) is 12.3 Å². The van der Waals surface area contributed by atoms with E-state index in [2.05, 4.69) is 11.8 Å². The van der Waals surface area contributed by atoms with Gasteiger partial charge in [-0.15, -0.1) is 5.92 Å². The van der Waals surface area contributed by atoms with Crippen LogP contribution in [-0.2, 0) is 19.6 Å². The molecule has 0 aromatic rings. The topological polar surface area (TPSA) is 80.7 Å². The molecule has 0 rings (SSSR count). The third-order valence-corrected chi connectivity index (χ3v) is 3.08. The summed E-state index contributed by atoms with van der Waals surface area (Å²) < 4.78 is 35.2. The second-order valence-electron chi connectivity index (χ2n) is 3.91. The highest BCUT2D eigenvalue weighted by Gasteiger charge is 2.14. The van der Waals surface area contributed by atoms with E-state index in [9.17, 15) is 13.2 Å². The van der Waals surface area contributed by atoms with Crippen molar-refractivity contribution in [3.63, 3.8) is 0 Å². The Hall–Kier alpha value is -1.06. The Bertz CT molecular complexity index is 402. The van der Waals surface area contributed by atoms with E-state index in [0.29, 0.717) is 32.3 Å². The molecule has 6 heteroatoms. The minimum atomic E-state index is -3.99. The number of esters is 1. The van der Waals surface area contributed by atoms with Gasteiger partial charge in [0.05, 0.1) is 12.4 Å². The molecule has 104 valence electrons. The van der Waals surface area contributed by atoms with Gasteiger partial charge in [0.1, 0.15) is 0 Å². The summed E-state index contributed by atoms with van der Waals surface area (Å²) in [6.45, 7) is 3.69. The maximum absolute atomic E-state index is 10.8. The third kappa shape index (κ3) is 10.1. The van der Waals surface area contributed by atoms with E-state index in [4.69, 9.17) is 9.29 Å².